The van der Waals surface area contributed by atoms with Crippen molar-refractivity contribution in [1.82, 2.24) is 4.90 Å². The molecule has 1 heterocycles. The highest BCUT2D eigenvalue weighted by molar-refractivity contribution is 6.01. The SMILES string of the molecule is Cc1ccc(C(=O)O)cc1C(=O)CN1CCCCC1. The molecule has 0 saturated carbocycles. The van der Waals surface area contributed by atoms with E-state index in [4.69, 9.17) is 5.11 Å². The van der Waals surface area contributed by atoms with Gasteiger partial charge in [0.1, 0.15) is 0 Å². The lowest BCUT2D eigenvalue weighted by Crippen LogP contribution is -2.34. The molecular formula is C15H19NO3. The molecule has 0 atom stereocenters. The van der Waals surface area contributed by atoms with E-state index in [9.17, 15) is 9.59 Å². The van der Waals surface area contributed by atoms with Crippen LogP contribution in [0.4, 0.5) is 0 Å². The van der Waals surface area contributed by atoms with Gasteiger partial charge in [0, 0.05) is 5.56 Å². The first-order chi connectivity index (χ1) is 9.08. The molecule has 102 valence electrons. The van der Waals surface area contributed by atoms with Crippen LogP contribution in [-0.4, -0.2) is 41.4 Å². The molecule has 0 unspecified atom stereocenters. The van der Waals surface area contributed by atoms with Gasteiger partial charge in [-0.25, -0.2) is 4.79 Å². The largest absolute Gasteiger partial charge is 0.478 e. The minimum Gasteiger partial charge on any atom is -0.478 e. The molecule has 0 amide bonds. The molecule has 1 aromatic carbocycles. The van der Waals surface area contributed by atoms with E-state index in [0.29, 0.717) is 12.1 Å². The fraction of sp³-hybridized carbons (Fsp3) is 0.467. The maximum atomic E-state index is 12.3. The zero-order valence-corrected chi connectivity index (χ0v) is 11.2. The van der Waals surface area contributed by atoms with Crippen molar-refractivity contribution in [2.75, 3.05) is 19.6 Å². The van der Waals surface area contributed by atoms with Crippen molar-refractivity contribution in [3.63, 3.8) is 0 Å². The number of carbonyl (C=O) groups excluding carboxylic acids is 1. The van der Waals surface area contributed by atoms with Crippen molar-refractivity contribution in [3.05, 3.63) is 34.9 Å². The molecule has 4 nitrogen and oxygen atoms in total. The lowest BCUT2D eigenvalue weighted by molar-refractivity contribution is 0.0697. The number of aryl methyl sites for hydroxylation is 1. The molecule has 4 heteroatoms. The fourth-order valence-corrected chi connectivity index (χ4v) is 2.46. The van der Waals surface area contributed by atoms with Crippen molar-refractivity contribution >= 4 is 11.8 Å². The van der Waals surface area contributed by atoms with Crippen LogP contribution in [0.15, 0.2) is 18.2 Å². The summed E-state index contributed by atoms with van der Waals surface area (Å²) in [5.74, 6) is -0.977. The lowest BCUT2D eigenvalue weighted by Gasteiger charge is -2.25. The third-order valence-corrected chi connectivity index (χ3v) is 3.60. The minimum absolute atomic E-state index is 0.0162. The average molecular weight is 261 g/mol. The van der Waals surface area contributed by atoms with Gasteiger partial charge in [-0.05, 0) is 50.6 Å². The Balaban J connectivity index is 2.13. The Kier molecular flexibility index (Phi) is 4.32. The van der Waals surface area contributed by atoms with Crippen LogP contribution >= 0.6 is 0 Å². The summed E-state index contributed by atoms with van der Waals surface area (Å²) in [6.45, 7) is 4.16. The van der Waals surface area contributed by atoms with E-state index in [1.807, 2.05) is 6.92 Å². The topological polar surface area (TPSA) is 57.6 Å². The molecule has 1 aliphatic rings. The number of Topliss-reactive ketones (excluding diaryl/α,β-unsaturated/α-hetero) is 1. The van der Waals surface area contributed by atoms with Crippen LogP contribution in [0.2, 0.25) is 0 Å². The van der Waals surface area contributed by atoms with Crippen LogP contribution in [-0.2, 0) is 0 Å². The number of piperidine rings is 1. The molecule has 1 fully saturated rings. The van der Waals surface area contributed by atoms with Gasteiger partial charge in [0.15, 0.2) is 5.78 Å². The number of rotatable bonds is 4. The van der Waals surface area contributed by atoms with Gasteiger partial charge < -0.3 is 5.11 Å². The van der Waals surface area contributed by atoms with E-state index in [0.717, 1.165) is 31.5 Å². The molecule has 2 rings (SSSR count). The van der Waals surface area contributed by atoms with E-state index >= 15 is 0 Å². The molecule has 1 N–H and O–H groups in total. The van der Waals surface area contributed by atoms with Crippen LogP contribution in [0.5, 0.6) is 0 Å². The van der Waals surface area contributed by atoms with Crippen LogP contribution in [0, 0.1) is 6.92 Å². The first-order valence-electron chi connectivity index (χ1n) is 6.67. The number of ketones is 1. The Morgan fingerprint density at radius 1 is 1.21 bits per heavy atom. The standard InChI is InChI=1S/C15H19NO3/c1-11-5-6-12(15(18)19)9-13(11)14(17)10-16-7-3-2-4-8-16/h5-6,9H,2-4,7-8,10H2,1H3,(H,18,19). The predicted molar refractivity (Wildman–Crippen MR) is 72.8 cm³/mol. The van der Waals surface area contributed by atoms with E-state index in [-0.39, 0.29) is 11.3 Å². The second kappa shape index (κ2) is 5.97. The van der Waals surface area contributed by atoms with Crippen molar-refractivity contribution in [2.45, 2.75) is 26.2 Å². The van der Waals surface area contributed by atoms with Crippen molar-refractivity contribution < 1.29 is 14.7 Å². The maximum absolute atomic E-state index is 12.3. The van der Waals surface area contributed by atoms with Crippen LogP contribution in [0.25, 0.3) is 0 Å². The predicted octanol–water partition coefficient (Wildman–Crippen LogP) is 2.36. The third kappa shape index (κ3) is 3.41. The summed E-state index contributed by atoms with van der Waals surface area (Å²) < 4.78 is 0. The number of benzene rings is 1. The number of nitrogens with zero attached hydrogens (tertiary/aromatic N) is 1. The molecule has 19 heavy (non-hydrogen) atoms. The fourth-order valence-electron chi connectivity index (χ4n) is 2.46. The minimum atomic E-state index is -0.993. The van der Waals surface area contributed by atoms with Crippen LogP contribution in [0.1, 0.15) is 45.5 Å². The normalized spacial score (nSPS) is 16.3. The van der Waals surface area contributed by atoms with Gasteiger partial charge in [-0.15, -0.1) is 0 Å². The highest BCUT2D eigenvalue weighted by Gasteiger charge is 2.17. The Morgan fingerprint density at radius 2 is 1.89 bits per heavy atom. The molecule has 0 spiro atoms. The average Bonchev–Trinajstić information content (AvgIpc) is 2.40. The van der Waals surface area contributed by atoms with Gasteiger partial charge in [0.2, 0.25) is 0 Å². The molecule has 0 aromatic heterocycles. The summed E-state index contributed by atoms with van der Waals surface area (Å²) in [5, 5.41) is 8.98. The molecule has 1 saturated heterocycles. The Labute approximate surface area is 113 Å². The van der Waals surface area contributed by atoms with E-state index < -0.39 is 5.97 Å². The Bertz CT molecular complexity index is 490. The molecular weight excluding hydrogens is 242 g/mol. The number of hydrogen-bond donors (Lipinski definition) is 1. The Hall–Kier alpha value is -1.68. The molecule has 0 radical (unpaired) electrons. The van der Waals surface area contributed by atoms with Crippen molar-refractivity contribution in [2.24, 2.45) is 0 Å². The number of carboxylic acids is 1. The van der Waals surface area contributed by atoms with Crippen LogP contribution < -0.4 is 0 Å². The maximum Gasteiger partial charge on any atom is 0.335 e. The summed E-state index contributed by atoms with van der Waals surface area (Å²) in [4.78, 5) is 25.4. The van der Waals surface area contributed by atoms with Gasteiger partial charge >= 0.3 is 5.97 Å². The number of aromatic carboxylic acids is 1. The van der Waals surface area contributed by atoms with Gasteiger partial charge in [0.25, 0.3) is 0 Å². The summed E-state index contributed by atoms with van der Waals surface area (Å²) >= 11 is 0. The highest BCUT2D eigenvalue weighted by Crippen LogP contribution is 2.15. The van der Waals surface area contributed by atoms with Crippen molar-refractivity contribution in [3.8, 4) is 0 Å². The molecule has 0 aliphatic carbocycles. The monoisotopic (exact) mass is 261 g/mol. The third-order valence-electron chi connectivity index (χ3n) is 3.60. The summed E-state index contributed by atoms with van der Waals surface area (Å²) in [6.07, 6.45) is 3.51. The van der Waals surface area contributed by atoms with Gasteiger partial charge in [-0.3, -0.25) is 9.69 Å². The first kappa shape index (κ1) is 13.7. The second-order valence-electron chi connectivity index (χ2n) is 5.09. The number of carboxylic acid groups (broad SMARTS) is 1. The first-order valence-corrected chi connectivity index (χ1v) is 6.67. The molecule has 1 aliphatic heterocycles. The zero-order valence-electron chi connectivity index (χ0n) is 11.2. The van der Waals surface area contributed by atoms with Crippen molar-refractivity contribution in [1.29, 1.82) is 0 Å². The summed E-state index contributed by atoms with van der Waals surface area (Å²) in [6, 6.07) is 4.73. The second-order valence-corrected chi connectivity index (χ2v) is 5.09. The molecule has 1 aromatic rings. The number of carbonyl (C=O) groups is 2. The summed E-state index contributed by atoms with van der Waals surface area (Å²) in [5.41, 5.74) is 1.55. The lowest BCUT2D eigenvalue weighted by atomic mass is 10.0. The van der Waals surface area contributed by atoms with E-state index in [1.54, 1.807) is 6.07 Å². The van der Waals surface area contributed by atoms with Gasteiger partial charge in [0.05, 0.1) is 12.1 Å². The van der Waals surface area contributed by atoms with Crippen LogP contribution in [0.3, 0.4) is 0 Å². The van der Waals surface area contributed by atoms with E-state index in [1.165, 1.54) is 18.6 Å². The summed E-state index contributed by atoms with van der Waals surface area (Å²) in [7, 11) is 0. The smallest absolute Gasteiger partial charge is 0.335 e. The number of likely N-dealkylation sites (tertiary alicyclic amines) is 1. The Morgan fingerprint density at radius 3 is 2.53 bits per heavy atom. The highest BCUT2D eigenvalue weighted by atomic mass is 16.4. The van der Waals surface area contributed by atoms with Gasteiger partial charge in [-0.1, -0.05) is 12.5 Å². The zero-order chi connectivity index (χ0) is 13.8. The van der Waals surface area contributed by atoms with Gasteiger partial charge in [-0.2, -0.15) is 0 Å². The molecule has 0 bridgehead atoms. The van der Waals surface area contributed by atoms with E-state index in [2.05, 4.69) is 4.90 Å². The quantitative estimate of drug-likeness (QED) is 0.845. The number of hydrogen-bond acceptors (Lipinski definition) is 3.